The van der Waals surface area contributed by atoms with Gasteiger partial charge >= 0.3 is 0 Å². The third-order valence-corrected chi connectivity index (χ3v) is 6.41. The standard InChI is InChI=1S/C19H30N4O2/c1-13-16(14(2)25-21-13)12-22-7-9-23(10-8-22)19(24)18-11-15-5-3-4-6-17(15)20-18/h15,17-18,20H,3-12H2,1-2H3/t15-,17-,18+/m1/s1. The highest BCUT2D eigenvalue weighted by Gasteiger charge is 2.40. The molecule has 1 aromatic rings. The van der Waals surface area contributed by atoms with Gasteiger partial charge in [-0.3, -0.25) is 9.69 Å². The summed E-state index contributed by atoms with van der Waals surface area (Å²) >= 11 is 0. The minimum Gasteiger partial charge on any atom is -0.361 e. The van der Waals surface area contributed by atoms with Crippen LogP contribution in [0.2, 0.25) is 0 Å². The van der Waals surface area contributed by atoms with Crippen LogP contribution in [0, 0.1) is 19.8 Å². The van der Waals surface area contributed by atoms with Crippen molar-refractivity contribution in [1.29, 1.82) is 0 Å². The molecule has 1 aromatic heterocycles. The molecule has 3 fully saturated rings. The first-order valence-electron chi connectivity index (χ1n) is 9.81. The first-order chi connectivity index (χ1) is 12.1. The Balaban J connectivity index is 1.29. The van der Waals surface area contributed by atoms with Gasteiger partial charge in [0, 0.05) is 44.3 Å². The number of amides is 1. The molecule has 138 valence electrons. The predicted octanol–water partition coefficient (Wildman–Crippen LogP) is 1.86. The van der Waals surface area contributed by atoms with Gasteiger partial charge < -0.3 is 14.7 Å². The number of nitrogens with zero attached hydrogens (tertiary/aromatic N) is 3. The van der Waals surface area contributed by atoms with Crippen molar-refractivity contribution in [2.75, 3.05) is 26.2 Å². The predicted molar refractivity (Wildman–Crippen MR) is 95.1 cm³/mol. The van der Waals surface area contributed by atoms with Crippen LogP contribution in [0.4, 0.5) is 0 Å². The Morgan fingerprint density at radius 3 is 2.64 bits per heavy atom. The third kappa shape index (κ3) is 3.47. The van der Waals surface area contributed by atoms with Crippen LogP contribution < -0.4 is 5.32 Å². The highest BCUT2D eigenvalue weighted by Crippen LogP contribution is 2.33. The van der Waals surface area contributed by atoms with E-state index in [1.54, 1.807) is 0 Å². The van der Waals surface area contributed by atoms with Gasteiger partial charge in [0.2, 0.25) is 5.91 Å². The number of carbonyl (C=O) groups excluding carboxylic acids is 1. The number of aryl methyl sites for hydroxylation is 2. The summed E-state index contributed by atoms with van der Waals surface area (Å²) in [7, 11) is 0. The Labute approximate surface area is 149 Å². The van der Waals surface area contributed by atoms with Gasteiger partial charge in [0.25, 0.3) is 0 Å². The summed E-state index contributed by atoms with van der Waals surface area (Å²) in [6.07, 6.45) is 6.24. The van der Waals surface area contributed by atoms with E-state index in [-0.39, 0.29) is 6.04 Å². The largest absolute Gasteiger partial charge is 0.361 e. The zero-order chi connectivity index (χ0) is 17.4. The zero-order valence-corrected chi connectivity index (χ0v) is 15.5. The Hall–Kier alpha value is -1.40. The number of rotatable bonds is 3. The van der Waals surface area contributed by atoms with E-state index in [0.717, 1.165) is 56.5 Å². The molecule has 0 aromatic carbocycles. The van der Waals surface area contributed by atoms with E-state index < -0.39 is 0 Å². The molecular formula is C19H30N4O2. The van der Waals surface area contributed by atoms with Crippen molar-refractivity contribution < 1.29 is 9.32 Å². The van der Waals surface area contributed by atoms with Crippen LogP contribution in [0.25, 0.3) is 0 Å². The molecule has 6 heteroatoms. The van der Waals surface area contributed by atoms with Crippen molar-refractivity contribution in [3.63, 3.8) is 0 Å². The molecule has 2 saturated heterocycles. The number of hydrogen-bond acceptors (Lipinski definition) is 5. The normalized spacial score (nSPS) is 30.5. The van der Waals surface area contributed by atoms with E-state index in [1.807, 2.05) is 13.8 Å². The van der Waals surface area contributed by atoms with E-state index in [4.69, 9.17) is 4.52 Å². The molecule has 4 rings (SSSR count). The molecule has 3 aliphatic rings. The highest BCUT2D eigenvalue weighted by molar-refractivity contribution is 5.82. The number of piperazine rings is 1. The van der Waals surface area contributed by atoms with Crippen LogP contribution >= 0.6 is 0 Å². The lowest BCUT2D eigenvalue weighted by Gasteiger charge is -2.36. The van der Waals surface area contributed by atoms with Gasteiger partial charge in [-0.1, -0.05) is 18.0 Å². The third-order valence-electron chi connectivity index (χ3n) is 6.41. The summed E-state index contributed by atoms with van der Waals surface area (Å²) in [5.74, 6) is 1.96. The van der Waals surface area contributed by atoms with Crippen molar-refractivity contribution >= 4 is 5.91 Å². The Morgan fingerprint density at radius 2 is 1.96 bits per heavy atom. The highest BCUT2D eigenvalue weighted by atomic mass is 16.5. The SMILES string of the molecule is Cc1noc(C)c1CN1CCN(C(=O)[C@@H]2C[C@H]3CCCC[C@H]3N2)CC1. The molecular weight excluding hydrogens is 316 g/mol. The van der Waals surface area contributed by atoms with Crippen LogP contribution in [0.3, 0.4) is 0 Å². The number of fused-ring (bicyclic) bond motifs is 1. The minimum atomic E-state index is 0.0576. The summed E-state index contributed by atoms with van der Waals surface area (Å²) < 4.78 is 5.26. The first-order valence-corrected chi connectivity index (χ1v) is 9.81. The van der Waals surface area contributed by atoms with Gasteiger partial charge in [-0.05, 0) is 39.0 Å². The van der Waals surface area contributed by atoms with Crippen molar-refractivity contribution in [3.8, 4) is 0 Å². The van der Waals surface area contributed by atoms with Gasteiger partial charge in [-0.2, -0.15) is 0 Å². The molecule has 25 heavy (non-hydrogen) atoms. The summed E-state index contributed by atoms with van der Waals surface area (Å²) in [5, 5.41) is 7.67. The number of nitrogens with one attached hydrogen (secondary N) is 1. The van der Waals surface area contributed by atoms with Crippen molar-refractivity contribution in [1.82, 2.24) is 20.3 Å². The van der Waals surface area contributed by atoms with Gasteiger partial charge in [0.1, 0.15) is 5.76 Å². The lowest BCUT2D eigenvalue weighted by molar-refractivity contribution is -0.135. The van der Waals surface area contributed by atoms with Crippen LogP contribution in [-0.2, 0) is 11.3 Å². The second-order valence-electron chi connectivity index (χ2n) is 8.01. The van der Waals surface area contributed by atoms with Crippen molar-refractivity contribution in [2.24, 2.45) is 5.92 Å². The van der Waals surface area contributed by atoms with Gasteiger partial charge in [-0.25, -0.2) is 0 Å². The van der Waals surface area contributed by atoms with E-state index in [9.17, 15) is 4.79 Å². The van der Waals surface area contributed by atoms with E-state index in [1.165, 1.54) is 31.2 Å². The molecule has 0 radical (unpaired) electrons. The maximum atomic E-state index is 12.9. The van der Waals surface area contributed by atoms with Gasteiger partial charge in [-0.15, -0.1) is 0 Å². The van der Waals surface area contributed by atoms with Crippen molar-refractivity contribution in [2.45, 2.75) is 64.6 Å². The molecule has 1 aliphatic carbocycles. The number of carbonyl (C=O) groups is 1. The molecule has 0 spiro atoms. The maximum Gasteiger partial charge on any atom is 0.239 e. The molecule has 1 amide bonds. The van der Waals surface area contributed by atoms with Crippen LogP contribution in [0.15, 0.2) is 4.52 Å². The quantitative estimate of drug-likeness (QED) is 0.905. The number of hydrogen-bond donors (Lipinski definition) is 1. The molecule has 3 heterocycles. The van der Waals surface area contributed by atoms with Crippen LogP contribution in [-0.4, -0.2) is 59.1 Å². The lowest BCUT2D eigenvalue weighted by Crippen LogP contribution is -2.53. The fourth-order valence-electron chi connectivity index (χ4n) is 4.81. The van der Waals surface area contributed by atoms with Crippen molar-refractivity contribution in [3.05, 3.63) is 17.0 Å². The summed E-state index contributed by atoms with van der Waals surface area (Å²) in [6, 6.07) is 0.644. The smallest absolute Gasteiger partial charge is 0.239 e. The molecule has 0 unspecified atom stereocenters. The minimum absolute atomic E-state index is 0.0576. The van der Waals surface area contributed by atoms with E-state index in [0.29, 0.717) is 11.9 Å². The second kappa shape index (κ2) is 7.08. The molecule has 3 atom stereocenters. The summed E-state index contributed by atoms with van der Waals surface area (Å²) in [6.45, 7) is 8.35. The molecule has 1 N–H and O–H groups in total. The number of aromatic nitrogens is 1. The summed E-state index contributed by atoms with van der Waals surface area (Å²) in [4.78, 5) is 17.4. The van der Waals surface area contributed by atoms with Gasteiger partial charge in [0.05, 0.1) is 11.7 Å². The summed E-state index contributed by atoms with van der Waals surface area (Å²) in [5.41, 5.74) is 2.18. The first kappa shape index (κ1) is 17.0. The monoisotopic (exact) mass is 346 g/mol. The Bertz CT molecular complexity index is 587. The van der Waals surface area contributed by atoms with Gasteiger partial charge in [0.15, 0.2) is 0 Å². The molecule has 6 nitrogen and oxygen atoms in total. The molecule has 1 saturated carbocycles. The average Bonchev–Trinajstić information content (AvgIpc) is 3.20. The van der Waals surface area contributed by atoms with Crippen LogP contribution in [0.5, 0.6) is 0 Å². The topological polar surface area (TPSA) is 61.6 Å². The molecule has 2 aliphatic heterocycles. The van der Waals surface area contributed by atoms with Crippen LogP contribution in [0.1, 0.15) is 49.1 Å². The van der Waals surface area contributed by atoms with E-state index in [2.05, 4.69) is 20.3 Å². The lowest BCUT2D eigenvalue weighted by atomic mass is 9.85. The molecule has 0 bridgehead atoms. The fraction of sp³-hybridized carbons (Fsp3) is 0.789. The average molecular weight is 346 g/mol. The Kier molecular flexibility index (Phi) is 4.82. The second-order valence-corrected chi connectivity index (χ2v) is 8.01. The van der Waals surface area contributed by atoms with E-state index >= 15 is 0 Å². The fourth-order valence-corrected chi connectivity index (χ4v) is 4.81. The Morgan fingerprint density at radius 1 is 1.20 bits per heavy atom. The maximum absolute atomic E-state index is 12.9. The zero-order valence-electron chi connectivity index (χ0n) is 15.5.